The minimum Gasteiger partial charge on any atom is -0.507 e. The van der Waals surface area contributed by atoms with Crippen molar-refractivity contribution < 1.29 is 15.0 Å². The van der Waals surface area contributed by atoms with Gasteiger partial charge in [0.1, 0.15) is 11.3 Å². The largest absolute Gasteiger partial charge is 0.507 e. The maximum absolute atomic E-state index is 11.8. The molecule has 4 nitrogen and oxygen atoms in total. The lowest BCUT2D eigenvalue weighted by Gasteiger charge is -2.14. The monoisotopic (exact) mass is 353 g/mol. The summed E-state index contributed by atoms with van der Waals surface area (Å²) in [5.41, 5.74) is 3.65. The van der Waals surface area contributed by atoms with Crippen molar-refractivity contribution in [2.75, 3.05) is 11.9 Å². The second-order valence-electron chi connectivity index (χ2n) is 6.24. The van der Waals surface area contributed by atoms with Crippen LogP contribution < -0.4 is 5.32 Å². The highest BCUT2D eigenvalue weighted by Gasteiger charge is 2.22. The van der Waals surface area contributed by atoms with Crippen molar-refractivity contribution in [2.45, 2.75) is 12.8 Å². The average Bonchev–Trinajstić information content (AvgIpc) is 3.06. The predicted octanol–water partition coefficient (Wildman–Crippen LogP) is 4.46. The number of rotatable bonds is 3. The van der Waals surface area contributed by atoms with Gasteiger partial charge in [-0.15, -0.1) is 0 Å². The fourth-order valence-electron chi connectivity index (χ4n) is 3.48. The molecule has 3 aromatic rings. The molecule has 0 amide bonds. The van der Waals surface area contributed by atoms with Gasteiger partial charge in [-0.2, -0.15) is 0 Å². The molecule has 0 spiro atoms. The van der Waals surface area contributed by atoms with Gasteiger partial charge in [0.25, 0.3) is 0 Å². The minimum absolute atomic E-state index is 0.0436. The molecule has 3 aromatic carbocycles. The van der Waals surface area contributed by atoms with Crippen LogP contribution in [0.25, 0.3) is 10.8 Å². The molecule has 0 saturated heterocycles. The van der Waals surface area contributed by atoms with E-state index in [0.717, 1.165) is 29.6 Å². The van der Waals surface area contributed by atoms with Crippen LogP contribution in [0.3, 0.4) is 0 Å². The first-order valence-corrected chi connectivity index (χ1v) is 8.44. The molecule has 0 fully saturated rings. The Labute approximate surface area is 149 Å². The van der Waals surface area contributed by atoms with E-state index in [0.29, 0.717) is 22.4 Å². The van der Waals surface area contributed by atoms with E-state index in [4.69, 9.17) is 11.6 Å². The molecule has 5 heteroatoms. The fourth-order valence-corrected chi connectivity index (χ4v) is 3.60. The van der Waals surface area contributed by atoms with E-state index in [1.807, 2.05) is 24.3 Å². The average molecular weight is 354 g/mol. The lowest BCUT2D eigenvalue weighted by atomic mass is 9.93. The highest BCUT2D eigenvalue weighted by molar-refractivity contribution is 6.30. The van der Waals surface area contributed by atoms with Crippen LogP contribution in [0.2, 0.25) is 5.02 Å². The van der Waals surface area contributed by atoms with Crippen LogP contribution in [0.1, 0.15) is 27.0 Å². The number of fused-ring (bicyclic) bond motifs is 3. The number of carbonyl (C=O) groups is 1. The number of hydrogen-bond acceptors (Lipinski definition) is 3. The second-order valence-corrected chi connectivity index (χ2v) is 6.68. The number of carboxylic acid groups (broad SMARTS) is 1. The van der Waals surface area contributed by atoms with Crippen molar-refractivity contribution in [3.63, 3.8) is 0 Å². The van der Waals surface area contributed by atoms with Gasteiger partial charge in [0.05, 0.1) is 0 Å². The Morgan fingerprint density at radius 2 is 1.88 bits per heavy atom. The molecule has 1 aliphatic heterocycles. The smallest absolute Gasteiger partial charge is 0.340 e. The number of halogens is 1. The molecule has 25 heavy (non-hydrogen) atoms. The number of hydrogen-bond donors (Lipinski definition) is 3. The summed E-state index contributed by atoms with van der Waals surface area (Å²) in [5.74, 6) is -1.30. The molecule has 3 N–H and O–H groups in total. The minimum atomic E-state index is -1.13. The topological polar surface area (TPSA) is 69.6 Å². The van der Waals surface area contributed by atoms with Gasteiger partial charge in [0.2, 0.25) is 0 Å². The summed E-state index contributed by atoms with van der Waals surface area (Å²) >= 11 is 5.92. The van der Waals surface area contributed by atoms with Gasteiger partial charge in [-0.25, -0.2) is 4.79 Å². The Bertz CT molecular complexity index is 996. The Morgan fingerprint density at radius 1 is 1.12 bits per heavy atom. The van der Waals surface area contributed by atoms with Crippen LogP contribution in [-0.2, 0) is 12.8 Å². The number of benzene rings is 3. The molecule has 0 unspecified atom stereocenters. The number of aromatic hydroxyl groups is 1. The Hall–Kier alpha value is -2.72. The van der Waals surface area contributed by atoms with E-state index >= 15 is 0 Å². The van der Waals surface area contributed by atoms with Crippen LogP contribution in [0, 0.1) is 0 Å². The summed E-state index contributed by atoms with van der Waals surface area (Å²) in [7, 11) is 0. The molecule has 1 aliphatic rings. The van der Waals surface area contributed by atoms with E-state index in [1.54, 1.807) is 18.2 Å². The first-order chi connectivity index (χ1) is 12.0. The Balaban J connectivity index is 1.93. The van der Waals surface area contributed by atoms with E-state index in [1.165, 1.54) is 5.56 Å². The zero-order chi connectivity index (χ0) is 17.6. The van der Waals surface area contributed by atoms with E-state index < -0.39 is 5.97 Å². The summed E-state index contributed by atoms with van der Waals surface area (Å²) in [4.78, 5) is 11.8. The van der Waals surface area contributed by atoms with Gasteiger partial charge < -0.3 is 15.5 Å². The fraction of sp³-hybridized carbons (Fsp3) is 0.150. The third-order valence-electron chi connectivity index (χ3n) is 4.68. The summed E-state index contributed by atoms with van der Waals surface area (Å²) < 4.78 is 0. The van der Waals surface area contributed by atoms with Crippen LogP contribution in [0.5, 0.6) is 5.75 Å². The first kappa shape index (κ1) is 15.8. The van der Waals surface area contributed by atoms with Crippen LogP contribution >= 0.6 is 11.6 Å². The standard InChI is InChI=1S/C20H16ClNO3/c21-14-4-1-11(2-5-14)9-13-10-16-15(17(19(13)23)20(24)25)6-3-12-7-8-22-18(12)16/h1-6,10,22-23H,7-9H2,(H,24,25). The van der Waals surface area contributed by atoms with Gasteiger partial charge in [-0.1, -0.05) is 35.9 Å². The molecule has 0 aromatic heterocycles. The second kappa shape index (κ2) is 5.97. The summed E-state index contributed by atoms with van der Waals surface area (Å²) in [6, 6.07) is 12.9. The van der Waals surface area contributed by atoms with Crippen LogP contribution in [-0.4, -0.2) is 22.7 Å². The summed E-state index contributed by atoms with van der Waals surface area (Å²) in [6.45, 7) is 0.838. The summed E-state index contributed by atoms with van der Waals surface area (Å²) in [6.07, 6.45) is 1.35. The summed E-state index contributed by atoms with van der Waals surface area (Å²) in [5, 5.41) is 25.6. The number of phenols is 1. The Morgan fingerprint density at radius 3 is 2.60 bits per heavy atom. The van der Waals surface area contributed by atoms with Gasteiger partial charge in [-0.3, -0.25) is 0 Å². The molecule has 0 aliphatic carbocycles. The molecule has 0 saturated carbocycles. The van der Waals surface area contributed by atoms with Crippen molar-refractivity contribution in [3.8, 4) is 5.75 Å². The van der Waals surface area contributed by atoms with Crippen molar-refractivity contribution in [1.82, 2.24) is 0 Å². The van der Waals surface area contributed by atoms with Gasteiger partial charge in [-0.05, 0) is 41.3 Å². The third-order valence-corrected chi connectivity index (χ3v) is 4.93. The lowest BCUT2D eigenvalue weighted by molar-refractivity contribution is 0.0696. The normalized spacial score (nSPS) is 12.8. The number of aromatic carboxylic acids is 1. The Kier molecular flexibility index (Phi) is 3.77. The molecule has 1 heterocycles. The third kappa shape index (κ3) is 2.68. The van der Waals surface area contributed by atoms with Gasteiger partial charge in [0.15, 0.2) is 0 Å². The van der Waals surface area contributed by atoms with Gasteiger partial charge >= 0.3 is 5.97 Å². The SMILES string of the molecule is O=C(O)c1c(O)c(Cc2ccc(Cl)cc2)cc2c3c(ccc12)CCN3. The lowest BCUT2D eigenvalue weighted by Crippen LogP contribution is -2.03. The highest BCUT2D eigenvalue weighted by atomic mass is 35.5. The zero-order valence-electron chi connectivity index (χ0n) is 13.3. The van der Waals surface area contributed by atoms with Crippen molar-refractivity contribution in [1.29, 1.82) is 0 Å². The maximum atomic E-state index is 11.8. The van der Waals surface area contributed by atoms with E-state index in [9.17, 15) is 15.0 Å². The molecular formula is C20H16ClNO3. The first-order valence-electron chi connectivity index (χ1n) is 8.06. The van der Waals surface area contributed by atoms with E-state index in [-0.39, 0.29) is 11.3 Å². The van der Waals surface area contributed by atoms with Crippen molar-refractivity contribution >= 4 is 34.0 Å². The highest BCUT2D eigenvalue weighted by Crippen LogP contribution is 2.39. The molecule has 0 radical (unpaired) electrons. The van der Waals surface area contributed by atoms with Crippen molar-refractivity contribution in [3.05, 3.63) is 69.7 Å². The van der Waals surface area contributed by atoms with Gasteiger partial charge in [0, 0.05) is 34.4 Å². The van der Waals surface area contributed by atoms with Crippen LogP contribution in [0.4, 0.5) is 5.69 Å². The van der Waals surface area contributed by atoms with E-state index in [2.05, 4.69) is 5.32 Å². The number of carboxylic acids is 1. The molecule has 0 atom stereocenters. The molecule has 0 bridgehead atoms. The van der Waals surface area contributed by atoms with Crippen LogP contribution in [0.15, 0.2) is 42.5 Å². The molecule has 126 valence electrons. The molecule has 4 rings (SSSR count). The number of anilines is 1. The maximum Gasteiger partial charge on any atom is 0.340 e. The predicted molar refractivity (Wildman–Crippen MR) is 99.0 cm³/mol. The quantitative estimate of drug-likeness (QED) is 0.650. The molecular weight excluding hydrogens is 338 g/mol. The van der Waals surface area contributed by atoms with Crippen molar-refractivity contribution in [2.24, 2.45) is 0 Å². The number of nitrogens with one attached hydrogen (secondary N) is 1. The zero-order valence-corrected chi connectivity index (χ0v) is 14.1.